The number of carbonyl (C=O) groups excluding carboxylic acids is 1. The Hall–Kier alpha value is -1.70. The van der Waals surface area contributed by atoms with Gasteiger partial charge in [-0.2, -0.15) is 4.31 Å². The second-order valence-corrected chi connectivity index (χ2v) is 10.4. The fourth-order valence-corrected chi connectivity index (χ4v) is 6.19. The third kappa shape index (κ3) is 3.51. The van der Waals surface area contributed by atoms with Crippen molar-refractivity contribution in [2.24, 2.45) is 5.92 Å². The number of halogens is 1. The number of nitrogens with zero attached hydrogens (tertiary/aromatic N) is 2. The van der Waals surface area contributed by atoms with Crippen LogP contribution >= 0.6 is 15.9 Å². The number of carbonyl (C=O) groups is 1. The topological polar surface area (TPSA) is 57.7 Å². The van der Waals surface area contributed by atoms with Gasteiger partial charge in [0.1, 0.15) is 0 Å². The summed E-state index contributed by atoms with van der Waals surface area (Å²) in [5.74, 6) is -0.286. The molecule has 0 N–H and O–H groups in total. The minimum absolute atomic E-state index is 0.0292. The summed E-state index contributed by atoms with van der Waals surface area (Å²) >= 11 is 3.49. The van der Waals surface area contributed by atoms with E-state index in [4.69, 9.17) is 0 Å². The standard InChI is InChI=1S/C21H23BrN2O3S/c1-15-12-17-13-18(22)9-10-20(17)24(15)21(25)16-6-5-11-23(14-16)28(26,27)19-7-3-2-4-8-19/h2-4,7-10,13,15-16H,5-6,11-12,14H2,1H3. The van der Waals surface area contributed by atoms with E-state index in [1.165, 1.54) is 4.31 Å². The van der Waals surface area contributed by atoms with E-state index in [2.05, 4.69) is 22.0 Å². The first-order chi connectivity index (χ1) is 13.4. The highest BCUT2D eigenvalue weighted by atomic mass is 79.9. The van der Waals surface area contributed by atoms with Crippen LogP contribution in [0, 0.1) is 5.92 Å². The molecule has 0 aromatic heterocycles. The van der Waals surface area contributed by atoms with Gasteiger partial charge in [0, 0.05) is 29.3 Å². The van der Waals surface area contributed by atoms with Crippen LogP contribution in [0.1, 0.15) is 25.3 Å². The highest BCUT2D eigenvalue weighted by Gasteiger charge is 2.39. The molecule has 2 unspecified atom stereocenters. The molecule has 0 aliphatic carbocycles. The number of hydrogen-bond donors (Lipinski definition) is 0. The fourth-order valence-electron chi connectivity index (χ4n) is 4.24. The van der Waals surface area contributed by atoms with Gasteiger partial charge in [-0.15, -0.1) is 0 Å². The van der Waals surface area contributed by atoms with E-state index in [1.807, 2.05) is 24.0 Å². The Morgan fingerprint density at radius 1 is 1.14 bits per heavy atom. The molecule has 1 saturated heterocycles. The average Bonchev–Trinajstić information content (AvgIpc) is 3.03. The number of hydrogen-bond acceptors (Lipinski definition) is 3. The fraction of sp³-hybridized carbons (Fsp3) is 0.381. The lowest BCUT2D eigenvalue weighted by atomic mass is 9.97. The summed E-state index contributed by atoms with van der Waals surface area (Å²) in [6.07, 6.45) is 2.23. The smallest absolute Gasteiger partial charge is 0.243 e. The molecule has 2 aliphatic heterocycles. The third-order valence-electron chi connectivity index (χ3n) is 5.61. The Kier molecular flexibility index (Phi) is 5.33. The van der Waals surface area contributed by atoms with Crippen LogP contribution in [-0.4, -0.2) is 37.8 Å². The summed E-state index contributed by atoms with van der Waals surface area (Å²) in [6, 6.07) is 14.5. The molecule has 0 radical (unpaired) electrons. The van der Waals surface area contributed by atoms with Crippen molar-refractivity contribution in [3.63, 3.8) is 0 Å². The van der Waals surface area contributed by atoms with Crippen molar-refractivity contribution < 1.29 is 13.2 Å². The van der Waals surface area contributed by atoms with Gasteiger partial charge < -0.3 is 4.90 Å². The van der Waals surface area contributed by atoms with E-state index in [0.29, 0.717) is 19.4 Å². The first-order valence-corrected chi connectivity index (χ1v) is 11.8. The molecule has 5 nitrogen and oxygen atoms in total. The maximum atomic E-state index is 13.4. The number of rotatable bonds is 3. The molecule has 4 rings (SSSR count). The van der Waals surface area contributed by atoms with Crippen molar-refractivity contribution in [2.75, 3.05) is 18.0 Å². The molecule has 7 heteroatoms. The molecule has 1 amide bonds. The van der Waals surface area contributed by atoms with Gasteiger partial charge >= 0.3 is 0 Å². The summed E-state index contributed by atoms with van der Waals surface area (Å²) < 4.78 is 28.4. The lowest BCUT2D eigenvalue weighted by Crippen LogP contribution is -2.48. The van der Waals surface area contributed by atoms with Gasteiger partial charge in [0.15, 0.2) is 0 Å². The minimum atomic E-state index is -3.58. The molecular formula is C21H23BrN2O3S. The van der Waals surface area contributed by atoms with Crippen molar-refractivity contribution in [1.82, 2.24) is 4.31 Å². The summed E-state index contributed by atoms with van der Waals surface area (Å²) in [5, 5.41) is 0. The molecule has 0 bridgehead atoms. The zero-order chi connectivity index (χ0) is 19.9. The van der Waals surface area contributed by atoms with E-state index in [-0.39, 0.29) is 29.3 Å². The molecule has 28 heavy (non-hydrogen) atoms. The van der Waals surface area contributed by atoms with Crippen molar-refractivity contribution in [3.8, 4) is 0 Å². The minimum Gasteiger partial charge on any atom is -0.309 e. The van der Waals surface area contributed by atoms with Crippen molar-refractivity contribution in [2.45, 2.75) is 37.1 Å². The van der Waals surface area contributed by atoms with Gasteiger partial charge in [0.25, 0.3) is 0 Å². The van der Waals surface area contributed by atoms with Gasteiger partial charge in [0.2, 0.25) is 15.9 Å². The Balaban J connectivity index is 1.57. The zero-order valence-corrected chi connectivity index (χ0v) is 18.1. The molecule has 2 atom stereocenters. The van der Waals surface area contributed by atoms with E-state index < -0.39 is 10.0 Å². The molecule has 2 aromatic rings. The van der Waals surface area contributed by atoms with Crippen LogP contribution in [0.25, 0.3) is 0 Å². The highest BCUT2D eigenvalue weighted by Crippen LogP contribution is 2.36. The molecule has 1 fully saturated rings. The second kappa shape index (κ2) is 7.61. The number of sulfonamides is 1. The van der Waals surface area contributed by atoms with Gasteiger partial charge in [0.05, 0.1) is 10.8 Å². The monoisotopic (exact) mass is 462 g/mol. The van der Waals surface area contributed by atoms with Crippen LogP contribution in [0.3, 0.4) is 0 Å². The predicted molar refractivity (Wildman–Crippen MR) is 113 cm³/mol. The van der Waals surface area contributed by atoms with Crippen LogP contribution in [0.2, 0.25) is 0 Å². The zero-order valence-electron chi connectivity index (χ0n) is 15.7. The third-order valence-corrected chi connectivity index (χ3v) is 7.98. The summed E-state index contributed by atoms with van der Waals surface area (Å²) in [7, 11) is -3.58. The van der Waals surface area contributed by atoms with E-state index in [0.717, 1.165) is 22.1 Å². The van der Waals surface area contributed by atoms with Crippen LogP contribution < -0.4 is 4.90 Å². The Morgan fingerprint density at radius 2 is 1.89 bits per heavy atom. The van der Waals surface area contributed by atoms with Crippen molar-refractivity contribution in [1.29, 1.82) is 0 Å². The van der Waals surface area contributed by atoms with Crippen LogP contribution in [0.5, 0.6) is 0 Å². The van der Waals surface area contributed by atoms with E-state index >= 15 is 0 Å². The van der Waals surface area contributed by atoms with Gasteiger partial charge in [-0.05, 0) is 62.1 Å². The number of benzene rings is 2. The maximum Gasteiger partial charge on any atom is 0.243 e. The highest BCUT2D eigenvalue weighted by molar-refractivity contribution is 9.10. The Morgan fingerprint density at radius 3 is 2.64 bits per heavy atom. The lowest BCUT2D eigenvalue weighted by molar-refractivity contribution is -0.123. The van der Waals surface area contributed by atoms with Crippen LogP contribution in [0.4, 0.5) is 5.69 Å². The first kappa shape index (κ1) is 19.6. The number of amides is 1. The molecule has 2 aliphatic rings. The number of anilines is 1. The molecule has 0 spiro atoms. The molecular weight excluding hydrogens is 440 g/mol. The van der Waals surface area contributed by atoms with Crippen molar-refractivity contribution >= 4 is 37.5 Å². The second-order valence-electron chi connectivity index (χ2n) is 7.55. The maximum absolute atomic E-state index is 13.4. The first-order valence-electron chi connectivity index (χ1n) is 9.54. The number of piperidine rings is 1. The van der Waals surface area contributed by atoms with Crippen LogP contribution in [0.15, 0.2) is 57.9 Å². The summed E-state index contributed by atoms with van der Waals surface area (Å²) in [5.41, 5.74) is 2.10. The molecule has 0 saturated carbocycles. The molecule has 148 valence electrons. The summed E-state index contributed by atoms with van der Waals surface area (Å²) in [6.45, 7) is 2.75. The number of fused-ring (bicyclic) bond motifs is 1. The van der Waals surface area contributed by atoms with E-state index in [1.54, 1.807) is 30.3 Å². The van der Waals surface area contributed by atoms with Gasteiger partial charge in [-0.3, -0.25) is 4.79 Å². The quantitative estimate of drug-likeness (QED) is 0.696. The normalized spacial score (nSPS) is 22.9. The van der Waals surface area contributed by atoms with Gasteiger partial charge in [-0.1, -0.05) is 34.1 Å². The Bertz CT molecular complexity index is 994. The van der Waals surface area contributed by atoms with Crippen LogP contribution in [-0.2, 0) is 21.2 Å². The lowest BCUT2D eigenvalue weighted by Gasteiger charge is -2.34. The van der Waals surface area contributed by atoms with Gasteiger partial charge in [-0.25, -0.2) is 8.42 Å². The Labute approximate surface area is 174 Å². The van der Waals surface area contributed by atoms with Crippen molar-refractivity contribution in [3.05, 3.63) is 58.6 Å². The predicted octanol–water partition coefficient (Wildman–Crippen LogP) is 3.83. The largest absolute Gasteiger partial charge is 0.309 e. The summed E-state index contributed by atoms with van der Waals surface area (Å²) in [4.78, 5) is 15.5. The SMILES string of the molecule is CC1Cc2cc(Br)ccc2N1C(=O)C1CCCN(S(=O)(=O)c2ccccc2)C1. The van der Waals surface area contributed by atoms with E-state index in [9.17, 15) is 13.2 Å². The molecule has 2 heterocycles. The average molecular weight is 463 g/mol. The molecule has 2 aromatic carbocycles.